The molecule has 0 spiro atoms. The molecule has 0 bridgehead atoms. The Balaban J connectivity index is 2.38. The van der Waals surface area contributed by atoms with Crippen LogP contribution in [0.15, 0.2) is 12.1 Å². The van der Waals surface area contributed by atoms with E-state index in [9.17, 15) is 13.6 Å². The smallest absolute Gasteiger partial charge is 0.338 e. The minimum Gasteiger partial charge on any atom is -0.478 e. The Morgan fingerprint density at radius 2 is 2.20 bits per heavy atom. The lowest BCUT2D eigenvalue weighted by atomic mass is 10.1. The number of aromatic carboxylic acids is 1. The summed E-state index contributed by atoms with van der Waals surface area (Å²) in [7, 11) is 0. The Labute approximate surface area is 116 Å². The molecule has 1 fully saturated rings. The number of carbonyl (C=O) groups is 1. The first-order valence-electron chi connectivity index (χ1n) is 6.75. The van der Waals surface area contributed by atoms with Gasteiger partial charge >= 0.3 is 5.97 Å². The molecule has 1 atom stereocenters. The summed E-state index contributed by atoms with van der Waals surface area (Å²) in [4.78, 5) is 12.6. The fourth-order valence-electron chi connectivity index (χ4n) is 2.57. The highest BCUT2D eigenvalue weighted by Gasteiger charge is 2.27. The zero-order chi connectivity index (χ0) is 14.7. The number of rotatable bonds is 5. The van der Waals surface area contributed by atoms with Gasteiger partial charge in [0.2, 0.25) is 0 Å². The van der Waals surface area contributed by atoms with Crippen LogP contribution in [0, 0.1) is 11.6 Å². The van der Waals surface area contributed by atoms with Crippen LogP contribution in [0.1, 0.15) is 30.1 Å². The molecule has 110 valence electrons. The van der Waals surface area contributed by atoms with Gasteiger partial charge in [-0.2, -0.15) is 0 Å². The maximum atomic E-state index is 14.1. The lowest BCUT2D eigenvalue weighted by Crippen LogP contribution is -2.38. The predicted molar refractivity (Wildman–Crippen MR) is 72.2 cm³/mol. The fourth-order valence-corrected chi connectivity index (χ4v) is 2.57. The van der Waals surface area contributed by atoms with Crippen LogP contribution in [0.25, 0.3) is 0 Å². The number of anilines is 1. The van der Waals surface area contributed by atoms with E-state index in [0.29, 0.717) is 6.54 Å². The molecule has 4 nitrogen and oxygen atoms in total. The van der Waals surface area contributed by atoms with Gasteiger partial charge < -0.3 is 15.3 Å². The largest absolute Gasteiger partial charge is 0.478 e. The number of hydrogen-bond acceptors (Lipinski definition) is 3. The molecule has 1 aromatic rings. The Morgan fingerprint density at radius 1 is 1.45 bits per heavy atom. The Bertz CT molecular complexity index is 502. The normalized spacial score (nSPS) is 18.2. The SMILES string of the molecule is CCCN(c1ccc(C(=O)O)c(F)c1F)C1CCNC1. The van der Waals surface area contributed by atoms with Crippen LogP contribution in [0.4, 0.5) is 14.5 Å². The van der Waals surface area contributed by atoms with Crippen LogP contribution < -0.4 is 10.2 Å². The molecule has 0 radical (unpaired) electrons. The second-order valence-corrected chi connectivity index (χ2v) is 4.91. The Hall–Kier alpha value is -1.69. The number of carboxylic acids is 1. The third-order valence-corrected chi connectivity index (χ3v) is 3.54. The highest BCUT2D eigenvalue weighted by atomic mass is 19.2. The van der Waals surface area contributed by atoms with Crippen molar-refractivity contribution in [3.63, 3.8) is 0 Å². The van der Waals surface area contributed by atoms with E-state index < -0.39 is 23.2 Å². The summed E-state index contributed by atoms with van der Waals surface area (Å²) < 4.78 is 28.0. The van der Waals surface area contributed by atoms with Crippen molar-refractivity contribution >= 4 is 11.7 Å². The second-order valence-electron chi connectivity index (χ2n) is 4.91. The zero-order valence-electron chi connectivity index (χ0n) is 11.3. The van der Waals surface area contributed by atoms with Crippen molar-refractivity contribution in [3.05, 3.63) is 29.3 Å². The first-order chi connectivity index (χ1) is 9.56. The van der Waals surface area contributed by atoms with Gasteiger partial charge in [-0.05, 0) is 31.5 Å². The van der Waals surface area contributed by atoms with Gasteiger partial charge in [0.15, 0.2) is 11.6 Å². The Kier molecular flexibility index (Phi) is 4.54. The zero-order valence-corrected chi connectivity index (χ0v) is 11.3. The van der Waals surface area contributed by atoms with Gasteiger partial charge in [-0.25, -0.2) is 13.6 Å². The number of nitrogens with one attached hydrogen (secondary N) is 1. The van der Waals surface area contributed by atoms with Gasteiger partial charge in [0.25, 0.3) is 0 Å². The average Bonchev–Trinajstić information content (AvgIpc) is 2.93. The molecule has 2 rings (SSSR count). The van der Waals surface area contributed by atoms with E-state index in [2.05, 4.69) is 5.32 Å². The fraction of sp³-hybridized carbons (Fsp3) is 0.500. The molecule has 2 N–H and O–H groups in total. The molecule has 0 aliphatic carbocycles. The van der Waals surface area contributed by atoms with E-state index in [4.69, 9.17) is 5.11 Å². The molecule has 0 saturated carbocycles. The molecular formula is C14H18F2N2O2. The molecule has 1 aliphatic rings. The van der Waals surface area contributed by atoms with Crippen molar-refractivity contribution in [2.45, 2.75) is 25.8 Å². The molecule has 1 aromatic carbocycles. The standard InChI is InChI=1S/C14H18F2N2O2/c1-2-7-18(9-5-6-17-8-9)11-4-3-10(14(19)20)12(15)13(11)16/h3-4,9,17H,2,5-8H2,1H3,(H,19,20). The van der Waals surface area contributed by atoms with Gasteiger partial charge in [-0.3, -0.25) is 0 Å². The number of benzene rings is 1. The highest BCUT2D eigenvalue weighted by molar-refractivity contribution is 5.88. The van der Waals surface area contributed by atoms with Gasteiger partial charge in [-0.1, -0.05) is 6.92 Å². The van der Waals surface area contributed by atoms with Crippen LogP contribution in [0.3, 0.4) is 0 Å². The molecule has 1 aliphatic heterocycles. The van der Waals surface area contributed by atoms with Gasteiger partial charge in [0, 0.05) is 19.1 Å². The molecule has 0 aromatic heterocycles. The first-order valence-corrected chi connectivity index (χ1v) is 6.75. The van der Waals surface area contributed by atoms with E-state index in [0.717, 1.165) is 32.0 Å². The molecule has 6 heteroatoms. The number of hydrogen-bond donors (Lipinski definition) is 2. The number of halogens is 2. The molecule has 20 heavy (non-hydrogen) atoms. The first kappa shape index (κ1) is 14.7. The lowest BCUT2D eigenvalue weighted by molar-refractivity contribution is 0.0690. The highest BCUT2D eigenvalue weighted by Crippen LogP contribution is 2.27. The topological polar surface area (TPSA) is 52.6 Å². The third-order valence-electron chi connectivity index (χ3n) is 3.54. The average molecular weight is 284 g/mol. The molecule has 0 amide bonds. The number of nitrogens with zero attached hydrogens (tertiary/aromatic N) is 1. The summed E-state index contributed by atoms with van der Waals surface area (Å²) in [6.07, 6.45) is 1.67. The summed E-state index contributed by atoms with van der Waals surface area (Å²) in [5.41, 5.74) is -0.490. The summed E-state index contributed by atoms with van der Waals surface area (Å²) >= 11 is 0. The molecule has 1 unspecified atom stereocenters. The van der Waals surface area contributed by atoms with Gasteiger partial charge in [0.05, 0.1) is 11.3 Å². The van der Waals surface area contributed by atoms with Crippen LogP contribution in [-0.2, 0) is 0 Å². The van der Waals surface area contributed by atoms with Gasteiger partial charge in [-0.15, -0.1) is 0 Å². The van der Waals surface area contributed by atoms with Crippen molar-refractivity contribution in [2.24, 2.45) is 0 Å². The number of carboxylic acid groups (broad SMARTS) is 1. The summed E-state index contributed by atoms with van der Waals surface area (Å²) in [6, 6.07) is 2.59. The maximum Gasteiger partial charge on any atom is 0.338 e. The quantitative estimate of drug-likeness (QED) is 0.870. The minimum absolute atomic E-state index is 0.111. The molecular weight excluding hydrogens is 266 g/mol. The summed E-state index contributed by atoms with van der Waals surface area (Å²) in [5.74, 6) is -3.83. The van der Waals surface area contributed by atoms with Crippen molar-refractivity contribution in [3.8, 4) is 0 Å². The lowest BCUT2D eigenvalue weighted by Gasteiger charge is -2.31. The van der Waals surface area contributed by atoms with Crippen molar-refractivity contribution in [1.82, 2.24) is 5.32 Å². The van der Waals surface area contributed by atoms with Crippen LogP contribution in [0.2, 0.25) is 0 Å². The minimum atomic E-state index is -1.46. The monoisotopic (exact) mass is 284 g/mol. The summed E-state index contributed by atoms with van der Waals surface area (Å²) in [6.45, 7) is 4.15. The third kappa shape index (κ3) is 2.75. The van der Waals surface area contributed by atoms with E-state index in [1.54, 1.807) is 0 Å². The second kappa shape index (κ2) is 6.17. The van der Waals surface area contributed by atoms with Crippen LogP contribution in [-0.4, -0.2) is 36.8 Å². The van der Waals surface area contributed by atoms with E-state index >= 15 is 0 Å². The van der Waals surface area contributed by atoms with E-state index in [1.807, 2.05) is 11.8 Å². The maximum absolute atomic E-state index is 14.1. The summed E-state index contributed by atoms with van der Waals surface area (Å²) in [5, 5.41) is 12.0. The van der Waals surface area contributed by atoms with Crippen LogP contribution in [0.5, 0.6) is 0 Å². The van der Waals surface area contributed by atoms with E-state index in [1.165, 1.54) is 6.07 Å². The van der Waals surface area contributed by atoms with E-state index in [-0.39, 0.29) is 11.7 Å². The van der Waals surface area contributed by atoms with Crippen molar-refractivity contribution < 1.29 is 18.7 Å². The molecule has 1 heterocycles. The predicted octanol–water partition coefficient (Wildman–Crippen LogP) is 2.24. The molecule has 1 saturated heterocycles. The Morgan fingerprint density at radius 3 is 2.75 bits per heavy atom. The van der Waals surface area contributed by atoms with Gasteiger partial charge in [0.1, 0.15) is 0 Å². The van der Waals surface area contributed by atoms with Crippen LogP contribution >= 0.6 is 0 Å². The van der Waals surface area contributed by atoms with Crippen molar-refractivity contribution in [2.75, 3.05) is 24.5 Å². The van der Waals surface area contributed by atoms with Crippen molar-refractivity contribution in [1.29, 1.82) is 0 Å².